The Morgan fingerprint density at radius 1 is 1.19 bits per heavy atom. The molecule has 1 saturated heterocycles. The van der Waals surface area contributed by atoms with E-state index in [1.165, 1.54) is 25.1 Å². The third kappa shape index (κ3) is 4.89. The first-order valence-electron chi connectivity index (χ1n) is 8.07. The molecule has 2 nitrogen and oxygen atoms in total. The first-order chi connectivity index (χ1) is 9.95. The molecule has 0 saturated carbocycles. The summed E-state index contributed by atoms with van der Waals surface area (Å²) in [5.74, 6) is 2.49. The van der Waals surface area contributed by atoms with Crippen molar-refractivity contribution in [2.45, 2.75) is 40.5 Å². The molecule has 1 aliphatic heterocycles. The average molecular weight is 310 g/mol. The van der Waals surface area contributed by atoms with Crippen molar-refractivity contribution in [3.63, 3.8) is 0 Å². The summed E-state index contributed by atoms with van der Waals surface area (Å²) in [6.45, 7) is 13.1. The third-order valence-corrected chi connectivity index (χ3v) is 4.46. The van der Waals surface area contributed by atoms with Gasteiger partial charge in [-0.25, -0.2) is 0 Å². The van der Waals surface area contributed by atoms with Crippen molar-refractivity contribution < 1.29 is 4.74 Å². The molecule has 0 aromatic heterocycles. The number of nitrogens with zero attached hydrogens (tertiary/aromatic N) is 1. The van der Waals surface area contributed by atoms with Crippen molar-refractivity contribution in [2.75, 3.05) is 26.2 Å². The van der Waals surface area contributed by atoms with E-state index in [9.17, 15) is 0 Å². The van der Waals surface area contributed by atoms with Crippen molar-refractivity contribution in [1.82, 2.24) is 4.90 Å². The minimum absolute atomic E-state index is 0.729. The highest BCUT2D eigenvalue weighted by molar-refractivity contribution is 6.32. The van der Waals surface area contributed by atoms with Crippen molar-refractivity contribution in [3.8, 4) is 5.75 Å². The van der Waals surface area contributed by atoms with Crippen LogP contribution in [0.3, 0.4) is 0 Å². The Bertz CT molecular complexity index is 441. The van der Waals surface area contributed by atoms with Crippen LogP contribution in [0.1, 0.15) is 37.8 Å². The second kappa shape index (κ2) is 7.51. The van der Waals surface area contributed by atoms with E-state index in [0.717, 1.165) is 47.7 Å². The molecule has 0 aliphatic carbocycles. The lowest BCUT2D eigenvalue weighted by molar-refractivity contribution is 0.132. The van der Waals surface area contributed by atoms with Gasteiger partial charge in [0.1, 0.15) is 5.75 Å². The number of hydrogen-bond donors (Lipinski definition) is 0. The number of rotatable bonds is 5. The van der Waals surface area contributed by atoms with Gasteiger partial charge in [-0.1, -0.05) is 31.5 Å². The van der Waals surface area contributed by atoms with Gasteiger partial charge >= 0.3 is 0 Å². The molecule has 1 fully saturated rings. The zero-order valence-corrected chi connectivity index (χ0v) is 14.5. The van der Waals surface area contributed by atoms with Gasteiger partial charge in [-0.05, 0) is 55.7 Å². The minimum atomic E-state index is 0.729. The summed E-state index contributed by atoms with van der Waals surface area (Å²) >= 11 is 6.27. The molecule has 1 aliphatic rings. The summed E-state index contributed by atoms with van der Waals surface area (Å²) in [7, 11) is 0. The van der Waals surface area contributed by atoms with Gasteiger partial charge in [-0.2, -0.15) is 0 Å². The topological polar surface area (TPSA) is 12.5 Å². The molecule has 2 atom stereocenters. The Morgan fingerprint density at radius 2 is 1.86 bits per heavy atom. The SMILES string of the molecule is Cc1cc(C)c(OCCCN2CC(C)CC(C)C2)c(Cl)c1. The Hall–Kier alpha value is -0.730. The molecule has 1 aromatic rings. The van der Waals surface area contributed by atoms with Gasteiger partial charge in [0, 0.05) is 19.6 Å². The molecule has 0 amide bonds. The van der Waals surface area contributed by atoms with Crippen LogP contribution in [0.15, 0.2) is 12.1 Å². The minimum Gasteiger partial charge on any atom is -0.492 e. The van der Waals surface area contributed by atoms with Gasteiger partial charge in [-0.3, -0.25) is 0 Å². The fourth-order valence-corrected chi connectivity index (χ4v) is 3.90. The predicted molar refractivity (Wildman–Crippen MR) is 90.4 cm³/mol. The highest BCUT2D eigenvalue weighted by Crippen LogP contribution is 2.30. The van der Waals surface area contributed by atoms with Crippen LogP contribution in [0, 0.1) is 25.7 Å². The van der Waals surface area contributed by atoms with Gasteiger partial charge in [-0.15, -0.1) is 0 Å². The van der Waals surface area contributed by atoms with Gasteiger partial charge < -0.3 is 9.64 Å². The Labute approximate surface area is 134 Å². The van der Waals surface area contributed by atoms with Gasteiger partial charge in [0.2, 0.25) is 0 Å². The lowest BCUT2D eigenvalue weighted by atomic mass is 9.92. The second-order valence-electron chi connectivity index (χ2n) is 6.80. The molecule has 0 N–H and O–H groups in total. The number of benzene rings is 1. The van der Waals surface area contributed by atoms with Crippen molar-refractivity contribution in [2.24, 2.45) is 11.8 Å². The standard InChI is InChI=1S/C18H28ClNO/c1-13-9-16(4)18(17(19)10-13)21-7-5-6-20-11-14(2)8-15(3)12-20/h9-10,14-15H,5-8,11-12H2,1-4H3. The summed E-state index contributed by atoms with van der Waals surface area (Å²) < 4.78 is 5.91. The average Bonchev–Trinajstić information content (AvgIpc) is 2.35. The summed E-state index contributed by atoms with van der Waals surface area (Å²) in [5.41, 5.74) is 2.31. The molecular formula is C18H28ClNO. The van der Waals surface area contributed by atoms with E-state index in [1.807, 2.05) is 6.07 Å². The quantitative estimate of drug-likeness (QED) is 0.731. The van der Waals surface area contributed by atoms with Crippen molar-refractivity contribution in [3.05, 3.63) is 28.3 Å². The highest BCUT2D eigenvalue weighted by Gasteiger charge is 2.21. The fraction of sp³-hybridized carbons (Fsp3) is 0.667. The van der Waals surface area contributed by atoms with Crippen LogP contribution in [0.4, 0.5) is 0 Å². The number of halogens is 1. The maximum Gasteiger partial charge on any atom is 0.140 e. The molecule has 1 aromatic carbocycles. The van der Waals surface area contributed by atoms with Crippen LogP contribution in [0.25, 0.3) is 0 Å². The Balaban J connectivity index is 1.77. The largest absolute Gasteiger partial charge is 0.492 e. The maximum absolute atomic E-state index is 6.27. The summed E-state index contributed by atoms with van der Waals surface area (Å²) in [4.78, 5) is 2.58. The molecule has 21 heavy (non-hydrogen) atoms. The molecule has 0 spiro atoms. The number of piperidine rings is 1. The lowest BCUT2D eigenvalue weighted by Crippen LogP contribution is -2.39. The second-order valence-corrected chi connectivity index (χ2v) is 7.21. The smallest absolute Gasteiger partial charge is 0.140 e. The summed E-state index contributed by atoms with van der Waals surface area (Å²) in [5, 5.41) is 0.729. The summed E-state index contributed by atoms with van der Waals surface area (Å²) in [6.07, 6.45) is 2.42. The zero-order valence-electron chi connectivity index (χ0n) is 13.8. The van der Waals surface area contributed by atoms with Crippen LogP contribution >= 0.6 is 11.6 Å². The molecular weight excluding hydrogens is 282 g/mol. The normalized spacial score (nSPS) is 23.3. The van der Waals surface area contributed by atoms with Crippen LogP contribution < -0.4 is 4.74 Å². The zero-order chi connectivity index (χ0) is 15.4. The maximum atomic E-state index is 6.27. The van der Waals surface area contributed by atoms with E-state index in [1.54, 1.807) is 0 Å². The van der Waals surface area contributed by atoms with Crippen LogP contribution in [0.2, 0.25) is 5.02 Å². The number of hydrogen-bond acceptors (Lipinski definition) is 2. The van der Waals surface area contributed by atoms with Crippen LogP contribution in [-0.4, -0.2) is 31.1 Å². The Kier molecular flexibility index (Phi) is 5.95. The number of likely N-dealkylation sites (tertiary alicyclic amines) is 1. The molecule has 1 heterocycles. The Morgan fingerprint density at radius 3 is 2.48 bits per heavy atom. The first-order valence-corrected chi connectivity index (χ1v) is 8.45. The van der Waals surface area contributed by atoms with E-state index >= 15 is 0 Å². The van der Waals surface area contributed by atoms with Crippen LogP contribution in [-0.2, 0) is 0 Å². The van der Waals surface area contributed by atoms with E-state index in [-0.39, 0.29) is 0 Å². The van der Waals surface area contributed by atoms with E-state index in [0.29, 0.717) is 0 Å². The molecule has 3 heteroatoms. The first kappa shape index (κ1) is 16.6. The number of aryl methyl sites for hydroxylation is 2. The van der Waals surface area contributed by atoms with Crippen molar-refractivity contribution in [1.29, 1.82) is 0 Å². The van der Waals surface area contributed by atoms with Crippen molar-refractivity contribution >= 4 is 11.6 Å². The number of ether oxygens (including phenoxy) is 1. The molecule has 2 rings (SSSR count). The monoisotopic (exact) mass is 309 g/mol. The highest BCUT2D eigenvalue weighted by atomic mass is 35.5. The van der Waals surface area contributed by atoms with Gasteiger partial charge in [0.05, 0.1) is 11.6 Å². The van der Waals surface area contributed by atoms with Crippen LogP contribution in [0.5, 0.6) is 5.75 Å². The van der Waals surface area contributed by atoms with E-state index in [4.69, 9.17) is 16.3 Å². The van der Waals surface area contributed by atoms with Gasteiger partial charge in [0.15, 0.2) is 0 Å². The molecule has 118 valence electrons. The molecule has 2 unspecified atom stereocenters. The third-order valence-electron chi connectivity index (χ3n) is 4.18. The fourth-order valence-electron chi connectivity index (χ4n) is 3.52. The van der Waals surface area contributed by atoms with E-state index in [2.05, 4.69) is 38.7 Å². The summed E-state index contributed by atoms with van der Waals surface area (Å²) in [6, 6.07) is 4.09. The van der Waals surface area contributed by atoms with Gasteiger partial charge in [0.25, 0.3) is 0 Å². The lowest BCUT2D eigenvalue weighted by Gasteiger charge is -2.34. The molecule has 0 radical (unpaired) electrons. The molecule has 0 bridgehead atoms. The predicted octanol–water partition coefficient (Wildman–Crippen LogP) is 4.70. The van der Waals surface area contributed by atoms with E-state index < -0.39 is 0 Å².